The predicted molar refractivity (Wildman–Crippen MR) is 107 cm³/mol. The van der Waals surface area contributed by atoms with Crippen LogP contribution in [0, 0.1) is 41.5 Å². The molecule has 0 atom stereocenters. The summed E-state index contributed by atoms with van der Waals surface area (Å²) in [4.78, 5) is 0. The summed E-state index contributed by atoms with van der Waals surface area (Å²) >= 11 is 25.4. The van der Waals surface area contributed by atoms with E-state index in [-0.39, 0.29) is 0 Å². The molecule has 0 saturated carbocycles. The Morgan fingerprint density at radius 1 is 0.500 bits per heavy atom. The Kier molecular flexibility index (Phi) is 5.87. The molecule has 2 aromatic carbocycles. The first kappa shape index (κ1) is 19.9. The minimum Gasteiger partial charge on any atom is -0.322 e. The van der Waals surface area contributed by atoms with Gasteiger partial charge in [-0.1, -0.05) is 46.4 Å². The van der Waals surface area contributed by atoms with Crippen LogP contribution in [0.15, 0.2) is 0 Å². The van der Waals surface area contributed by atoms with Crippen LogP contribution in [-0.2, 0) is 0 Å². The van der Waals surface area contributed by atoms with E-state index < -0.39 is 6.99 Å². The topological polar surface area (TPSA) is 0 Å². The fourth-order valence-electron chi connectivity index (χ4n) is 3.26. The van der Waals surface area contributed by atoms with Gasteiger partial charge in [-0.05, 0) is 85.8 Å². The summed E-state index contributed by atoms with van der Waals surface area (Å²) in [5.74, 6) is 0. The van der Waals surface area contributed by atoms with Crippen molar-refractivity contribution in [2.24, 2.45) is 0 Å². The van der Waals surface area contributed by atoms with Crippen molar-refractivity contribution < 1.29 is 4.32 Å². The molecule has 128 valence electrons. The van der Waals surface area contributed by atoms with Crippen LogP contribution in [0.2, 0.25) is 20.1 Å². The maximum Gasteiger partial charge on any atom is 0.414 e. The molecule has 0 aliphatic heterocycles. The van der Waals surface area contributed by atoms with Crippen molar-refractivity contribution >= 4 is 64.3 Å². The number of benzene rings is 2. The number of halogens is 5. The van der Waals surface area contributed by atoms with Gasteiger partial charge < -0.3 is 4.32 Å². The average Bonchev–Trinajstić information content (AvgIpc) is 2.55. The lowest BCUT2D eigenvalue weighted by atomic mass is 9.53. The summed E-state index contributed by atoms with van der Waals surface area (Å²) < 4.78 is 15.7. The van der Waals surface area contributed by atoms with Crippen molar-refractivity contribution in [2.75, 3.05) is 0 Å². The molecule has 2 aromatic rings. The Labute approximate surface area is 163 Å². The lowest BCUT2D eigenvalue weighted by molar-refractivity contribution is 0.862. The molecule has 0 unspecified atom stereocenters. The van der Waals surface area contributed by atoms with Crippen molar-refractivity contribution in [3.8, 4) is 0 Å². The van der Waals surface area contributed by atoms with Gasteiger partial charge in [-0.2, -0.15) is 0 Å². The van der Waals surface area contributed by atoms with Crippen LogP contribution in [0.1, 0.15) is 33.4 Å². The number of hydrogen-bond acceptors (Lipinski definition) is 0. The van der Waals surface area contributed by atoms with E-state index in [0.717, 1.165) is 11.1 Å². The summed E-state index contributed by atoms with van der Waals surface area (Å²) in [6.45, 7) is 9.49. The highest BCUT2D eigenvalue weighted by atomic mass is 35.5. The normalized spacial score (nSPS) is 11.1. The van der Waals surface area contributed by atoms with Crippen molar-refractivity contribution in [2.45, 2.75) is 41.5 Å². The molecule has 0 heterocycles. The van der Waals surface area contributed by atoms with Crippen LogP contribution >= 0.6 is 46.4 Å². The van der Waals surface area contributed by atoms with E-state index in [4.69, 9.17) is 46.4 Å². The van der Waals surface area contributed by atoms with E-state index in [2.05, 4.69) is 0 Å². The minimum atomic E-state index is -1.41. The zero-order valence-corrected chi connectivity index (χ0v) is 17.5. The first-order chi connectivity index (χ1) is 11.0. The molecule has 6 heteroatoms. The molecule has 0 bridgehead atoms. The Balaban J connectivity index is 2.84. The second-order valence-corrected chi connectivity index (χ2v) is 7.71. The third kappa shape index (κ3) is 2.96. The summed E-state index contributed by atoms with van der Waals surface area (Å²) in [5, 5.41) is 1.96. The molecule has 0 aromatic heterocycles. The summed E-state index contributed by atoms with van der Waals surface area (Å²) in [5.41, 5.74) is 5.25. The molecule has 0 N–H and O–H groups in total. The standard InChI is InChI=1S/C18H18BCl4F/c1-7-13(8(2)16(21)11(5)15(7)20)19(24)14-9(3)17(22)12(6)18(23)10(14)4/h1-6H3. The van der Waals surface area contributed by atoms with E-state index in [1.807, 2.05) is 41.5 Å². The SMILES string of the molecule is Cc1c(Cl)c(C)c(B(F)c2c(C)c(Cl)c(C)c(Cl)c2C)c(C)c1Cl. The van der Waals surface area contributed by atoms with Crippen LogP contribution in [0.5, 0.6) is 0 Å². The number of hydrogen-bond donors (Lipinski definition) is 0. The van der Waals surface area contributed by atoms with Gasteiger partial charge in [0.25, 0.3) is 0 Å². The predicted octanol–water partition coefficient (Wildman–Crippen LogP) is 6.23. The molecular weight excluding hydrogens is 388 g/mol. The van der Waals surface area contributed by atoms with E-state index in [1.165, 1.54) is 0 Å². The first-order valence-electron chi connectivity index (χ1n) is 7.55. The van der Waals surface area contributed by atoms with E-state index in [9.17, 15) is 0 Å². The quantitative estimate of drug-likeness (QED) is 0.520. The van der Waals surface area contributed by atoms with Gasteiger partial charge in [-0.25, -0.2) is 0 Å². The van der Waals surface area contributed by atoms with Gasteiger partial charge in [0.05, 0.1) is 0 Å². The molecule has 0 aliphatic rings. The second kappa shape index (κ2) is 7.07. The summed E-state index contributed by atoms with van der Waals surface area (Å²) in [6.07, 6.45) is 0. The highest BCUT2D eigenvalue weighted by Crippen LogP contribution is 2.32. The third-order valence-corrected chi connectivity index (χ3v) is 7.02. The smallest absolute Gasteiger partial charge is 0.322 e. The third-order valence-electron chi connectivity index (χ3n) is 4.76. The van der Waals surface area contributed by atoms with Gasteiger partial charge >= 0.3 is 6.99 Å². The van der Waals surface area contributed by atoms with E-state index in [0.29, 0.717) is 53.3 Å². The first-order valence-corrected chi connectivity index (χ1v) is 9.06. The average molecular weight is 406 g/mol. The van der Waals surface area contributed by atoms with Crippen molar-refractivity contribution in [1.82, 2.24) is 0 Å². The van der Waals surface area contributed by atoms with Crippen molar-refractivity contribution in [3.05, 3.63) is 53.5 Å². The second-order valence-electron chi connectivity index (χ2n) is 6.20. The van der Waals surface area contributed by atoms with Gasteiger partial charge in [0, 0.05) is 20.1 Å². The monoisotopic (exact) mass is 404 g/mol. The van der Waals surface area contributed by atoms with Gasteiger partial charge in [0.15, 0.2) is 0 Å². The van der Waals surface area contributed by atoms with Gasteiger partial charge in [-0.15, -0.1) is 0 Å². The molecule has 0 spiro atoms. The molecule has 0 saturated heterocycles. The Bertz CT molecular complexity index is 718. The van der Waals surface area contributed by atoms with Gasteiger partial charge in [0.1, 0.15) is 0 Å². The van der Waals surface area contributed by atoms with Crippen molar-refractivity contribution in [1.29, 1.82) is 0 Å². The zero-order valence-electron chi connectivity index (χ0n) is 14.5. The number of rotatable bonds is 2. The van der Waals surface area contributed by atoms with Crippen LogP contribution in [-0.4, -0.2) is 6.99 Å². The lowest BCUT2D eigenvalue weighted by Gasteiger charge is -2.22. The highest BCUT2D eigenvalue weighted by Gasteiger charge is 2.32. The van der Waals surface area contributed by atoms with Crippen LogP contribution < -0.4 is 10.9 Å². The fourth-order valence-corrected chi connectivity index (χ4v) is 4.14. The molecule has 0 nitrogen and oxygen atoms in total. The van der Waals surface area contributed by atoms with Crippen molar-refractivity contribution in [3.63, 3.8) is 0 Å². The molecule has 24 heavy (non-hydrogen) atoms. The molecule has 0 amide bonds. The highest BCUT2D eigenvalue weighted by molar-refractivity contribution is 6.81. The molecule has 2 rings (SSSR count). The molecule has 0 fully saturated rings. The van der Waals surface area contributed by atoms with E-state index in [1.54, 1.807) is 0 Å². The van der Waals surface area contributed by atoms with E-state index >= 15 is 4.32 Å². The maximum atomic E-state index is 15.7. The Morgan fingerprint density at radius 2 is 0.708 bits per heavy atom. The largest absolute Gasteiger partial charge is 0.414 e. The Hall–Kier alpha value is -0.405. The van der Waals surface area contributed by atoms with Crippen LogP contribution in [0.3, 0.4) is 0 Å². The maximum absolute atomic E-state index is 15.7. The molecule has 0 radical (unpaired) electrons. The Morgan fingerprint density at radius 3 is 0.917 bits per heavy atom. The van der Waals surface area contributed by atoms with Crippen LogP contribution in [0.4, 0.5) is 4.32 Å². The van der Waals surface area contributed by atoms with Crippen LogP contribution in [0.25, 0.3) is 0 Å². The minimum absolute atomic E-state index is 0.484. The fraction of sp³-hybridized carbons (Fsp3) is 0.333. The zero-order chi connectivity index (χ0) is 18.5. The summed E-state index contributed by atoms with van der Waals surface area (Å²) in [7, 11) is 0. The molecule has 0 aliphatic carbocycles. The lowest BCUT2D eigenvalue weighted by Crippen LogP contribution is -2.44. The van der Waals surface area contributed by atoms with Gasteiger partial charge in [0.2, 0.25) is 0 Å². The van der Waals surface area contributed by atoms with Gasteiger partial charge in [-0.3, -0.25) is 0 Å². The summed E-state index contributed by atoms with van der Waals surface area (Å²) in [6, 6.07) is 0. The molecular formula is C18H18BCl4F.